The molecule has 20 heavy (non-hydrogen) atoms. The van der Waals surface area contributed by atoms with Crippen molar-refractivity contribution >= 4 is 11.4 Å². The summed E-state index contributed by atoms with van der Waals surface area (Å²) in [5.41, 5.74) is 14.6. The first-order valence-electron chi connectivity index (χ1n) is 6.06. The molecule has 0 aliphatic rings. The molecule has 0 saturated carbocycles. The molecule has 0 bridgehead atoms. The van der Waals surface area contributed by atoms with Crippen LogP contribution in [0.2, 0.25) is 0 Å². The Kier molecular flexibility index (Phi) is 3.89. The molecule has 2 rings (SSSR count). The lowest BCUT2D eigenvalue weighted by molar-refractivity contribution is 0.353. The Morgan fingerprint density at radius 1 is 0.800 bits per heavy atom. The fourth-order valence-electron chi connectivity index (χ4n) is 2.08. The first-order chi connectivity index (χ1) is 9.62. The normalized spacial score (nSPS) is 10.2. The van der Waals surface area contributed by atoms with Crippen molar-refractivity contribution in [2.45, 2.75) is 0 Å². The Morgan fingerprint density at radius 2 is 1.40 bits per heavy atom. The molecule has 0 spiro atoms. The third-order valence-corrected chi connectivity index (χ3v) is 3.09. The van der Waals surface area contributed by atoms with Crippen LogP contribution in [0.15, 0.2) is 30.3 Å². The first-order valence-corrected chi connectivity index (χ1v) is 6.06. The molecule has 5 nitrogen and oxygen atoms in total. The highest BCUT2D eigenvalue weighted by Crippen LogP contribution is 2.47. The van der Waals surface area contributed by atoms with E-state index in [0.29, 0.717) is 28.6 Å². The minimum atomic E-state index is 0.408. The number of nitrogen functional groups attached to an aromatic ring is 2. The molecule has 0 aromatic heterocycles. The predicted octanol–water partition coefficient (Wildman–Crippen LogP) is 2.54. The van der Waals surface area contributed by atoms with Gasteiger partial charge in [-0.1, -0.05) is 12.1 Å². The van der Waals surface area contributed by atoms with E-state index >= 15 is 0 Å². The Bertz CT molecular complexity index is 610. The second-order valence-electron chi connectivity index (χ2n) is 4.23. The average molecular weight is 274 g/mol. The fraction of sp³-hybridized carbons (Fsp3) is 0.200. The zero-order chi connectivity index (χ0) is 14.7. The van der Waals surface area contributed by atoms with E-state index in [-0.39, 0.29) is 0 Å². The van der Waals surface area contributed by atoms with Crippen LogP contribution in [-0.2, 0) is 0 Å². The molecule has 0 atom stereocenters. The topological polar surface area (TPSA) is 79.7 Å². The van der Waals surface area contributed by atoms with Gasteiger partial charge in [-0.3, -0.25) is 0 Å². The van der Waals surface area contributed by atoms with Gasteiger partial charge < -0.3 is 25.7 Å². The van der Waals surface area contributed by atoms with E-state index in [1.807, 2.05) is 30.3 Å². The van der Waals surface area contributed by atoms with Crippen molar-refractivity contribution in [2.75, 3.05) is 32.8 Å². The standard InChI is InChI=1S/C15H18N2O3/c1-18-12-8-11(9-4-6-10(16)7-5-9)14(19-2)15(20-3)13(12)17/h4-8H,16-17H2,1-3H3. The van der Waals surface area contributed by atoms with E-state index in [2.05, 4.69) is 0 Å². The van der Waals surface area contributed by atoms with Gasteiger partial charge >= 0.3 is 0 Å². The van der Waals surface area contributed by atoms with Crippen molar-refractivity contribution in [2.24, 2.45) is 0 Å². The van der Waals surface area contributed by atoms with Crippen LogP contribution in [0.25, 0.3) is 11.1 Å². The van der Waals surface area contributed by atoms with Gasteiger partial charge in [0.2, 0.25) is 0 Å². The summed E-state index contributed by atoms with van der Waals surface area (Å²) in [4.78, 5) is 0. The van der Waals surface area contributed by atoms with Gasteiger partial charge in [-0.05, 0) is 23.8 Å². The quantitative estimate of drug-likeness (QED) is 0.837. The van der Waals surface area contributed by atoms with Crippen LogP contribution in [0.4, 0.5) is 11.4 Å². The van der Waals surface area contributed by atoms with Gasteiger partial charge in [0.05, 0.1) is 21.3 Å². The summed E-state index contributed by atoms with van der Waals surface area (Å²) in [5.74, 6) is 1.56. The highest BCUT2D eigenvalue weighted by atomic mass is 16.5. The molecular formula is C15H18N2O3. The maximum Gasteiger partial charge on any atom is 0.188 e. The molecule has 2 aromatic carbocycles. The lowest BCUT2D eigenvalue weighted by Crippen LogP contribution is -2.01. The molecule has 0 aliphatic heterocycles. The number of rotatable bonds is 4. The van der Waals surface area contributed by atoms with Crippen molar-refractivity contribution in [3.63, 3.8) is 0 Å². The van der Waals surface area contributed by atoms with E-state index < -0.39 is 0 Å². The number of ether oxygens (including phenoxy) is 3. The molecule has 0 radical (unpaired) electrons. The number of nitrogens with two attached hydrogens (primary N) is 2. The zero-order valence-corrected chi connectivity index (χ0v) is 11.8. The number of hydrogen-bond acceptors (Lipinski definition) is 5. The van der Waals surface area contributed by atoms with Crippen molar-refractivity contribution in [1.29, 1.82) is 0 Å². The molecule has 0 unspecified atom stereocenters. The number of benzene rings is 2. The van der Waals surface area contributed by atoms with Gasteiger partial charge in [0.25, 0.3) is 0 Å². The summed E-state index contributed by atoms with van der Waals surface area (Å²) >= 11 is 0. The first kappa shape index (κ1) is 13.9. The van der Waals surface area contributed by atoms with Gasteiger partial charge in [0.15, 0.2) is 11.5 Å². The molecule has 0 heterocycles. The largest absolute Gasteiger partial charge is 0.494 e. The van der Waals surface area contributed by atoms with Crippen LogP contribution in [0.1, 0.15) is 0 Å². The van der Waals surface area contributed by atoms with E-state index in [9.17, 15) is 0 Å². The van der Waals surface area contributed by atoms with Crippen molar-refractivity contribution < 1.29 is 14.2 Å². The van der Waals surface area contributed by atoms with Crippen LogP contribution in [0.3, 0.4) is 0 Å². The maximum atomic E-state index is 6.00. The molecular weight excluding hydrogens is 256 g/mol. The highest BCUT2D eigenvalue weighted by molar-refractivity contribution is 5.83. The summed E-state index contributed by atoms with van der Waals surface area (Å²) < 4.78 is 16.1. The molecule has 0 saturated heterocycles. The number of methoxy groups -OCH3 is 3. The minimum absolute atomic E-state index is 0.408. The van der Waals surface area contributed by atoms with Crippen LogP contribution in [-0.4, -0.2) is 21.3 Å². The van der Waals surface area contributed by atoms with Gasteiger partial charge in [-0.15, -0.1) is 0 Å². The third-order valence-electron chi connectivity index (χ3n) is 3.09. The van der Waals surface area contributed by atoms with Crippen molar-refractivity contribution in [3.8, 4) is 28.4 Å². The lowest BCUT2D eigenvalue weighted by atomic mass is 10.0. The van der Waals surface area contributed by atoms with Crippen LogP contribution in [0.5, 0.6) is 17.2 Å². The average Bonchev–Trinajstić information content (AvgIpc) is 2.47. The van der Waals surface area contributed by atoms with E-state index in [4.69, 9.17) is 25.7 Å². The molecule has 0 fully saturated rings. The smallest absolute Gasteiger partial charge is 0.188 e. The summed E-state index contributed by atoms with van der Waals surface area (Å²) in [6.07, 6.45) is 0. The summed E-state index contributed by atoms with van der Waals surface area (Å²) in [6.45, 7) is 0. The van der Waals surface area contributed by atoms with Crippen molar-refractivity contribution in [3.05, 3.63) is 30.3 Å². The Balaban J connectivity index is 2.70. The monoisotopic (exact) mass is 274 g/mol. The van der Waals surface area contributed by atoms with Crippen LogP contribution in [0, 0.1) is 0 Å². The van der Waals surface area contributed by atoms with Gasteiger partial charge in [-0.25, -0.2) is 0 Å². The molecule has 5 heteroatoms. The second kappa shape index (κ2) is 5.61. The Hall–Kier alpha value is -2.56. The SMILES string of the molecule is COc1cc(-c2ccc(N)cc2)c(OC)c(OC)c1N. The van der Waals surface area contributed by atoms with E-state index in [0.717, 1.165) is 11.1 Å². The van der Waals surface area contributed by atoms with Gasteiger partial charge in [-0.2, -0.15) is 0 Å². The molecule has 2 aromatic rings. The predicted molar refractivity (Wildman–Crippen MR) is 80.4 cm³/mol. The summed E-state index contributed by atoms with van der Waals surface area (Å²) in [6, 6.07) is 9.28. The van der Waals surface area contributed by atoms with E-state index in [1.165, 1.54) is 0 Å². The highest BCUT2D eigenvalue weighted by Gasteiger charge is 2.19. The molecule has 0 aliphatic carbocycles. The van der Waals surface area contributed by atoms with E-state index in [1.54, 1.807) is 21.3 Å². The molecule has 4 N–H and O–H groups in total. The fourth-order valence-corrected chi connectivity index (χ4v) is 2.08. The van der Waals surface area contributed by atoms with Crippen LogP contribution >= 0.6 is 0 Å². The zero-order valence-electron chi connectivity index (χ0n) is 11.8. The number of anilines is 2. The minimum Gasteiger partial charge on any atom is -0.494 e. The van der Waals surface area contributed by atoms with Gasteiger partial charge in [0, 0.05) is 11.3 Å². The van der Waals surface area contributed by atoms with Gasteiger partial charge in [0.1, 0.15) is 11.4 Å². The Labute approximate surface area is 118 Å². The summed E-state index contributed by atoms with van der Waals surface area (Å²) in [5, 5.41) is 0. The summed E-state index contributed by atoms with van der Waals surface area (Å²) in [7, 11) is 4.68. The lowest BCUT2D eigenvalue weighted by Gasteiger charge is -2.17. The second-order valence-corrected chi connectivity index (χ2v) is 4.23. The number of hydrogen-bond donors (Lipinski definition) is 2. The Morgan fingerprint density at radius 3 is 1.90 bits per heavy atom. The van der Waals surface area contributed by atoms with Crippen LogP contribution < -0.4 is 25.7 Å². The molecule has 106 valence electrons. The van der Waals surface area contributed by atoms with Crippen molar-refractivity contribution in [1.82, 2.24) is 0 Å². The maximum absolute atomic E-state index is 6.00. The molecule has 0 amide bonds. The third kappa shape index (κ3) is 2.30.